The molecule has 0 spiro atoms. The first-order valence-electron chi connectivity index (χ1n) is 10.8. The molecule has 0 bridgehead atoms. The van der Waals surface area contributed by atoms with Crippen LogP contribution in [-0.4, -0.2) is 54.7 Å². The van der Waals surface area contributed by atoms with Gasteiger partial charge in [0.05, 0.1) is 4.90 Å². The highest BCUT2D eigenvalue weighted by atomic mass is 32.2. The highest BCUT2D eigenvalue weighted by Gasteiger charge is 2.32. The number of aromatic nitrogens is 1. The summed E-state index contributed by atoms with van der Waals surface area (Å²) in [6.07, 6.45) is 2.70. The lowest BCUT2D eigenvalue weighted by Crippen LogP contribution is -2.50. The Morgan fingerprint density at radius 1 is 1.03 bits per heavy atom. The molecule has 7 heteroatoms. The predicted molar refractivity (Wildman–Crippen MR) is 123 cm³/mol. The number of sulfonamides is 1. The average Bonchev–Trinajstić information content (AvgIpc) is 2.71. The zero-order chi connectivity index (χ0) is 22.8. The Labute approximate surface area is 186 Å². The summed E-state index contributed by atoms with van der Waals surface area (Å²) in [5, 5.41) is 0. The maximum atomic E-state index is 13.4. The number of piperazine rings is 1. The fourth-order valence-corrected chi connectivity index (χ4v) is 5.87. The highest BCUT2D eigenvalue weighted by Crippen LogP contribution is 2.31. The summed E-state index contributed by atoms with van der Waals surface area (Å²) in [6.45, 7) is 11.6. The third-order valence-electron chi connectivity index (χ3n) is 5.84. The molecule has 1 saturated heterocycles. The molecule has 1 aliphatic rings. The van der Waals surface area contributed by atoms with E-state index in [9.17, 15) is 13.2 Å². The molecule has 0 atom stereocenters. The van der Waals surface area contributed by atoms with E-state index in [1.54, 1.807) is 11.1 Å². The third-order valence-corrected chi connectivity index (χ3v) is 8.04. The normalized spacial score (nSPS) is 15.8. The number of benzene rings is 1. The number of pyridine rings is 1. The Bertz CT molecular complexity index is 1010. The van der Waals surface area contributed by atoms with Gasteiger partial charge in [-0.1, -0.05) is 39.0 Å². The molecule has 0 aliphatic carbocycles. The zero-order valence-electron chi connectivity index (χ0n) is 19.2. The van der Waals surface area contributed by atoms with Crippen molar-refractivity contribution in [2.75, 3.05) is 26.2 Å². The van der Waals surface area contributed by atoms with Gasteiger partial charge in [0.2, 0.25) is 15.9 Å². The number of hydrogen-bond acceptors (Lipinski definition) is 4. The summed E-state index contributed by atoms with van der Waals surface area (Å²) >= 11 is 0. The molecular weight excluding hydrogens is 410 g/mol. The Hall–Kier alpha value is -2.25. The van der Waals surface area contributed by atoms with E-state index in [4.69, 9.17) is 0 Å². The molecule has 168 valence electrons. The van der Waals surface area contributed by atoms with E-state index in [2.05, 4.69) is 25.8 Å². The molecule has 1 aromatic heterocycles. The van der Waals surface area contributed by atoms with Gasteiger partial charge in [-0.3, -0.25) is 9.78 Å². The second-order valence-corrected chi connectivity index (χ2v) is 11.2. The molecule has 1 aromatic carbocycles. The number of rotatable bonds is 5. The summed E-state index contributed by atoms with van der Waals surface area (Å²) < 4.78 is 28.3. The van der Waals surface area contributed by atoms with Crippen LogP contribution in [0.3, 0.4) is 0 Å². The maximum Gasteiger partial charge on any atom is 0.243 e. The molecule has 1 aliphatic heterocycles. The van der Waals surface area contributed by atoms with Gasteiger partial charge in [-0.2, -0.15) is 4.31 Å². The summed E-state index contributed by atoms with van der Waals surface area (Å²) in [4.78, 5) is 19.0. The maximum absolute atomic E-state index is 13.4. The van der Waals surface area contributed by atoms with Crippen molar-refractivity contribution < 1.29 is 13.2 Å². The average molecular weight is 444 g/mol. The lowest BCUT2D eigenvalue weighted by molar-refractivity contribution is -0.132. The van der Waals surface area contributed by atoms with Crippen LogP contribution in [-0.2, 0) is 26.7 Å². The number of nitrogens with zero attached hydrogens (tertiary/aromatic N) is 3. The predicted octanol–water partition coefficient (Wildman–Crippen LogP) is 3.46. The van der Waals surface area contributed by atoms with Crippen molar-refractivity contribution in [3.8, 4) is 0 Å². The van der Waals surface area contributed by atoms with Gasteiger partial charge in [-0.15, -0.1) is 0 Å². The van der Waals surface area contributed by atoms with Crippen LogP contribution in [0.25, 0.3) is 0 Å². The largest absolute Gasteiger partial charge is 0.340 e. The van der Waals surface area contributed by atoms with Crippen molar-refractivity contribution in [3.63, 3.8) is 0 Å². The quantitative estimate of drug-likeness (QED) is 0.710. The van der Waals surface area contributed by atoms with Crippen molar-refractivity contribution in [2.24, 2.45) is 0 Å². The molecule has 0 N–H and O–H groups in total. The van der Waals surface area contributed by atoms with Crippen LogP contribution < -0.4 is 0 Å². The second kappa shape index (κ2) is 9.09. The molecule has 1 fully saturated rings. The van der Waals surface area contributed by atoms with E-state index in [-0.39, 0.29) is 11.3 Å². The van der Waals surface area contributed by atoms with Gasteiger partial charge in [-0.05, 0) is 54.5 Å². The van der Waals surface area contributed by atoms with Crippen LogP contribution in [0.15, 0.2) is 41.4 Å². The van der Waals surface area contributed by atoms with Gasteiger partial charge in [0.15, 0.2) is 0 Å². The van der Waals surface area contributed by atoms with Crippen molar-refractivity contribution in [3.05, 3.63) is 58.9 Å². The first-order chi connectivity index (χ1) is 14.5. The molecule has 1 amide bonds. The summed E-state index contributed by atoms with van der Waals surface area (Å²) in [5.74, 6) is 0.0459. The van der Waals surface area contributed by atoms with Gasteiger partial charge in [-0.25, -0.2) is 8.42 Å². The van der Waals surface area contributed by atoms with Gasteiger partial charge >= 0.3 is 0 Å². The van der Waals surface area contributed by atoms with Crippen LogP contribution in [0, 0.1) is 13.8 Å². The molecule has 0 saturated carbocycles. The number of amides is 1. The fourth-order valence-electron chi connectivity index (χ4n) is 4.04. The highest BCUT2D eigenvalue weighted by molar-refractivity contribution is 7.89. The Morgan fingerprint density at radius 3 is 2.16 bits per heavy atom. The number of hydrogen-bond donors (Lipinski definition) is 0. The van der Waals surface area contributed by atoms with E-state index in [1.807, 2.05) is 44.2 Å². The molecule has 0 unspecified atom stereocenters. The first kappa shape index (κ1) is 23.4. The van der Waals surface area contributed by atoms with Crippen LogP contribution in [0.2, 0.25) is 0 Å². The number of carbonyl (C=O) groups excluding carboxylic acids is 1. The van der Waals surface area contributed by atoms with Crippen LogP contribution in [0.1, 0.15) is 49.6 Å². The molecule has 0 radical (unpaired) electrons. The fraction of sp³-hybridized carbons (Fsp3) is 0.500. The van der Waals surface area contributed by atoms with E-state index in [0.29, 0.717) is 43.9 Å². The zero-order valence-corrected chi connectivity index (χ0v) is 20.0. The monoisotopic (exact) mass is 443 g/mol. The van der Waals surface area contributed by atoms with Crippen molar-refractivity contribution in [1.82, 2.24) is 14.2 Å². The molecular formula is C24H33N3O3S. The molecule has 2 aromatic rings. The summed E-state index contributed by atoms with van der Waals surface area (Å²) in [7, 11) is -3.60. The molecule has 3 rings (SSSR count). The van der Waals surface area contributed by atoms with Crippen molar-refractivity contribution in [2.45, 2.75) is 57.8 Å². The van der Waals surface area contributed by atoms with Crippen LogP contribution >= 0.6 is 0 Å². The minimum Gasteiger partial charge on any atom is -0.340 e. The first-order valence-corrected chi connectivity index (χ1v) is 12.2. The van der Waals surface area contributed by atoms with E-state index in [1.165, 1.54) is 4.31 Å². The van der Waals surface area contributed by atoms with Gasteiger partial charge in [0, 0.05) is 44.5 Å². The lowest BCUT2D eigenvalue weighted by atomic mass is 9.85. The lowest BCUT2D eigenvalue weighted by Gasteiger charge is -2.35. The van der Waals surface area contributed by atoms with Crippen LogP contribution in [0.4, 0.5) is 0 Å². The van der Waals surface area contributed by atoms with E-state index >= 15 is 0 Å². The molecule has 2 heterocycles. The number of aryl methyl sites for hydroxylation is 3. The Balaban J connectivity index is 1.67. The second-order valence-electron chi connectivity index (χ2n) is 9.30. The van der Waals surface area contributed by atoms with Gasteiger partial charge in [0.1, 0.15) is 0 Å². The van der Waals surface area contributed by atoms with Crippen molar-refractivity contribution >= 4 is 15.9 Å². The summed E-state index contributed by atoms with van der Waals surface area (Å²) in [6, 6.07) is 9.64. The smallest absolute Gasteiger partial charge is 0.243 e. The standard InChI is InChI=1S/C24H33N3O3S/c1-18-16-20(24(3,4)5)17-19(2)23(18)31(29,30)27-14-12-26(13-15-27)22(28)10-9-21-8-6-7-11-25-21/h6-8,11,16-17H,9-10,12-15H2,1-5H3. The molecule has 6 nitrogen and oxygen atoms in total. The van der Waals surface area contributed by atoms with E-state index < -0.39 is 10.0 Å². The van der Waals surface area contributed by atoms with Crippen molar-refractivity contribution in [1.29, 1.82) is 0 Å². The number of carbonyl (C=O) groups is 1. The third kappa shape index (κ3) is 5.33. The Morgan fingerprint density at radius 2 is 1.65 bits per heavy atom. The van der Waals surface area contributed by atoms with Gasteiger partial charge < -0.3 is 4.90 Å². The summed E-state index contributed by atoms with van der Waals surface area (Å²) in [5.41, 5.74) is 3.53. The van der Waals surface area contributed by atoms with Crippen LogP contribution in [0.5, 0.6) is 0 Å². The topological polar surface area (TPSA) is 70.6 Å². The van der Waals surface area contributed by atoms with Gasteiger partial charge in [0.25, 0.3) is 0 Å². The molecule has 31 heavy (non-hydrogen) atoms. The SMILES string of the molecule is Cc1cc(C(C)(C)C)cc(C)c1S(=O)(=O)N1CCN(C(=O)CCc2ccccn2)CC1. The minimum atomic E-state index is -3.60. The Kier molecular flexibility index (Phi) is 6.86. The van der Waals surface area contributed by atoms with E-state index in [0.717, 1.165) is 22.4 Å². The minimum absolute atomic E-state index is 0.0426.